The predicted molar refractivity (Wildman–Crippen MR) is 93.7 cm³/mol. The van der Waals surface area contributed by atoms with Gasteiger partial charge >= 0.3 is 0 Å². The molecule has 1 aliphatic carbocycles. The first-order valence-electron chi connectivity index (χ1n) is 7.40. The molecular formula is C15H22Cl2N2O3S. The van der Waals surface area contributed by atoms with Crippen LogP contribution < -0.4 is 11.1 Å². The van der Waals surface area contributed by atoms with E-state index in [1.54, 1.807) is 0 Å². The molecule has 5 nitrogen and oxygen atoms in total. The van der Waals surface area contributed by atoms with Gasteiger partial charge in [0, 0.05) is 23.5 Å². The highest BCUT2D eigenvalue weighted by Gasteiger charge is 2.25. The van der Waals surface area contributed by atoms with Gasteiger partial charge in [-0.25, -0.2) is 8.42 Å². The summed E-state index contributed by atoms with van der Waals surface area (Å²) in [4.78, 5) is 12.2. The summed E-state index contributed by atoms with van der Waals surface area (Å²) >= 11 is 5.74. The maximum absolute atomic E-state index is 12.1. The van der Waals surface area contributed by atoms with E-state index in [1.165, 1.54) is 24.3 Å². The lowest BCUT2D eigenvalue weighted by atomic mass is 9.85. The number of nitrogens with two attached hydrogens (primary N) is 1. The first-order valence-corrected chi connectivity index (χ1v) is 9.43. The molecule has 0 aliphatic heterocycles. The zero-order valence-electron chi connectivity index (χ0n) is 12.7. The molecule has 0 radical (unpaired) electrons. The Morgan fingerprint density at radius 1 is 1.26 bits per heavy atom. The number of hydrogen-bond donors (Lipinski definition) is 2. The molecule has 2 unspecified atom stereocenters. The average Bonchev–Trinajstić information content (AvgIpc) is 2.47. The van der Waals surface area contributed by atoms with Gasteiger partial charge in [-0.05, 0) is 43.5 Å². The van der Waals surface area contributed by atoms with Crippen LogP contribution in [0.4, 0.5) is 0 Å². The second-order valence-corrected chi connectivity index (χ2v) is 8.23. The highest BCUT2D eigenvalue weighted by atomic mass is 35.5. The second kappa shape index (κ2) is 8.87. The summed E-state index contributed by atoms with van der Waals surface area (Å²) in [7, 11) is -3.41. The number of carbonyl (C=O) groups is 1. The van der Waals surface area contributed by atoms with Crippen molar-refractivity contribution in [3.8, 4) is 0 Å². The predicted octanol–water partition coefficient (Wildman–Crippen LogP) is 2.17. The van der Waals surface area contributed by atoms with E-state index in [2.05, 4.69) is 5.32 Å². The molecule has 0 spiro atoms. The van der Waals surface area contributed by atoms with E-state index in [4.69, 9.17) is 17.3 Å². The number of hydrogen-bond acceptors (Lipinski definition) is 4. The number of rotatable bonds is 5. The fraction of sp³-hybridized carbons (Fsp3) is 0.533. The summed E-state index contributed by atoms with van der Waals surface area (Å²) < 4.78 is 24.3. The van der Waals surface area contributed by atoms with E-state index in [0.717, 1.165) is 19.3 Å². The third-order valence-electron chi connectivity index (χ3n) is 3.93. The zero-order valence-corrected chi connectivity index (χ0v) is 15.1. The third kappa shape index (κ3) is 5.95. The Morgan fingerprint density at radius 2 is 1.91 bits per heavy atom. The van der Waals surface area contributed by atoms with Crippen LogP contribution in [-0.2, 0) is 14.6 Å². The lowest BCUT2D eigenvalue weighted by Gasteiger charge is -2.25. The van der Waals surface area contributed by atoms with Gasteiger partial charge in [0.2, 0.25) is 5.91 Å². The molecule has 8 heteroatoms. The highest BCUT2D eigenvalue weighted by Crippen LogP contribution is 2.23. The van der Waals surface area contributed by atoms with E-state index in [-0.39, 0.29) is 47.5 Å². The molecule has 1 aromatic rings. The van der Waals surface area contributed by atoms with Gasteiger partial charge in [-0.3, -0.25) is 4.79 Å². The Kier molecular flexibility index (Phi) is 7.80. The van der Waals surface area contributed by atoms with Gasteiger partial charge in [-0.2, -0.15) is 0 Å². The molecule has 1 aliphatic rings. The van der Waals surface area contributed by atoms with Crippen molar-refractivity contribution in [2.75, 3.05) is 12.3 Å². The Labute approximate surface area is 148 Å². The lowest BCUT2D eigenvalue weighted by Crippen LogP contribution is -2.39. The van der Waals surface area contributed by atoms with Crippen molar-refractivity contribution in [1.82, 2.24) is 5.32 Å². The Morgan fingerprint density at radius 3 is 2.52 bits per heavy atom. The van der Waals surface area contributed by atoms with Crippen molar-refractivity contribution in [1.29, 1.82) is 0 Å². The van der Waals surface area contributed by atoms with Gasteiger partial charge in [0.25, 0.3) is 0 Å². The number of benzene rings is 1. The Balaban J connectivity index is 0.00000264. The van der Waals surface area contributed by atoms with E-state index in [0.29, 0.717) is 11.4 Å². The van der Waals surface area contributed by atoms with Gasteiger partial charge in [0.1, 0.15) is 0 Å². The van der Waals surface area contributed by atoms with Gasteiger partial charge in [0.15, 0.2) is 9.84 Å². The largest absolute Gasteiger partial charge is 0.355 e. The zero-order chi connectivity index (χ0) is 16.2. The van der Waals surface area contributed by atoms with Crippen molar-refractivity contribution < 1.29 is 13.2 Å². The molecule has 0 aromatic heterocycles. The highest BCUT2D eigenvalue weighted by molar-refractivity contribution is 7.91. The molecular weight excluding hydrogens is 359 g/mol. The molecule has 1 saturated carbocycles. The normalized spacial score (nSPS) is 21.3. The first-order chi connectivity index (χ1) is 10.4. The Bertz CT molecular complexity index is 620. The number of carbonyl (C=O) groups excluding carboxylic acids is 1. The van der Waals surface area contributed by atoms with Crippen LogP contribution in [0.3, 0.4) is 0 Å². The quantitative estimate of drug-likeness (QED) is 0.818. The maximum Gasteiger partial charge on any atom is 0.223 e. The van der Waals surface area contributed by atoms with Gasteiger partial charge < -0.3 is 11.1 Å². The maximum atomic E-state index is 12.1. The fourth-order valence-corrected chi connectivity index (χ4v) is 3.96. The summed E-state index contributed by atoms with van der Waals surface area (Å²) in [5.74, 6) is -0.317. The molecule has 1 fully saturated rings. The summed E-state index contributed by atoms with van der Waals surface area (Å²) in [6, 6.07) is 6.09. The molecule has 1 aromatic carbocycles. The van der Waals surface area contributed by atoms with E-state index < -0.39 is 9.84 Å². The molecule has 2 rings (SSSR count). The van der Waals surface area contributed by atoms with Crippen molar-refractivity contribution in [2.45, 2.75) is 36.6 Å². The van der Waals surface area contributed by atoms with Crippen LogP contribution in [0.25, 0.3) is 0 Å². The van der Waals surface area contributed by atoms with Crippen LogP contribution in [0.2, 0.25) is 5.02 Å². The summed E-state index contributed by atoms with van der Waals surface area (Å²) in [5, 5.41) is 3.20. The van der Waals surface area contributed by atoms with Crippen molar-refractivity contribution in [3.05, 3.63) is 29.3 Å². The molecule has 0 heterocycles. The summed E-state index contributed by atoms with van der Waals surface area (Å²) in [6.45, 7) is 0.107. The molecule has 23 heavy (non-hydrogen) atoms. The number of halogens is 2. The van der Waals surface area contributed by atoms with Gasteiger partial charge in [-0.15, -0.1) is 12.4 Å². The molecule has 1 amide bonds. The van der Waals surface area contributed by atoms with Gasteiger partial charge in [-0.1, -0.05) is 18.0 Å². The van der Waals surface area contributed by atoms with Gasteiger partial charge in [0.05, 0.1) is 10.6 Å². The SMILES string of the molecule is Cl.NC1CCCC(C(=O)NCCS(=O)(=O)c2ccc(Cl)cc2)C1. The van der Waals surface area contributed by atoms with Crippen LogP contribution in [0.1, 0.15) is 25.7 Å². The number of nitrogens with one attached hydrogen (secondary N) is 1. The van der Waals surface area contributed by atoms with E-state index in [9.17, 15) is 13.2 Å². The monoisotopic (exact) mass is 380 g/mol. The molecule has 130 valence electrons. The number of amides is 1. The summed E-state index contributed by atoms with van der Waals surface area (Å²) in [5.41, 5.74) is 5.86. The van der Waals surface area contributed by atoms with Crippen LogP contribution in [0.15, 0.2) is 29.2 Å². The minimum absolute atomic E-state index is 0. The van der Waals surface area contributed by atoms with Crippen molar-refractivity contribution in [2.24, 2.45) is 11.7 Å². The minimum atomic E-state index is -3.41. The van der Waals surface area contributed by atoms with Crippen LogP contribution in [0, 0.1) is 5.92 Å². The summed E-state index contributed by atoms with van der Waals surface area (Å²) in [6.07, 6.45) is 3.40. The van der Waals surface area contributed by atoms with Crippen molar-refractivity contribution in [3.63, 3.8) is 0 Å². The Hall–Kier alpha value is -0.820. The van der Waals surface area contributed by atoms with E-state index >= 15 is 0 Å². The lowest BCUT2D eigenvalue weighted by molar-refractivity contribution is -0.125. The average molecular weight is 381 g/mol. The minimum Gasteiger partial charge on any atom is -0.355 e. The fourth-order valence-electron chi connectivity index (χ4n) is 2.68. The van der Waals surface area contributed by atoms with E-state index in [1.807, 2.05) is 0 Å². The molecule has 2 atom stereocenters. The topological polar surface area (TPSA) is 89.3 Å². The molecule has 0 saturated heterocycles. The first kappa shape index (κ1) is 20.2. The molecule has 0 bridgehead atoms. The third-order valence-corrected chi connectivity index (χ3v) is 5.91. The van der Waals surface area contributed by atoms with Crippen molar-refractivity contribution >= 4 is 39.8 Å². The van der Waals surface area contributed by atoms with Crippen LogP contribution in [0.5, 0.6) is 0 Å². The van der Waals surface area contributed by atoms with Crippen LogP contribution >= 0.6 is 24.0 Å². The van der Waals surface area contributed by atoms with Crippen LogP contribution in [-0.4, -0.2) is 32.7 Å². The second-order valence-electron chi connectivity index (χ2n) is 5.69. The number of sulfone groups is 1. The molecule has 3 N–H and O–H groups in total. The smallest absolute Gasteiger partial charge is 0.223 e. The standard InChI is InChI=1S/C15H21ClN2O3S.ClH/c16-12-4-6-14(7-5-12)22(20,21)9-8-18-15(19)11-2-1-3-13(17)10-11;/h4-7,11,13H,1-3,8-10,17H2,(H,18,19);1H.